The number of carbonyl (C=O) groups excluding carboxylic acids is 1. The molecule has 3 heteroatoms. The van der Waals surface area contributed by atoms with Gasteiger partial charge >= 0.3 is 0 Å². The molecule has 1 aliphatic rings. The Hall–Kier alpha value is -0.830. The van der Waals surface area contributed by atoms with Crippen LogP contribution in [0.1, 0.15) is 40.5 Å². The number of allylic oxidation sites excluding steroid dienone is 1. The third-order valence-electron chi connectivity index (χ3n) is 4.13. The summed E-state index contributed by atoms with van der Waals surface area (Å²) >= 11 is 0. The largest absolute Gasteiger partial charge is 0.359 e. The number of hydrogen-bond donors (Lipinski definition) is 2. The highest BCUT2D eigenvalue weighted by atomic mass is 16.2. The van der Waals surface area contributed by atoms with Gasteiger partial charge in [0.15, 0.2) is 0 Å². The molecule has 1 rings (SSSR count). The molecule has 2 unspecified atom stereocenters. The lowest BCUT2D eigenvalue weighted by Gasteiger charge is -2.30. The molecule has 0 fully saturated rings. The topological polar surface area (TPSA) is 41.1 Å². The molecule has 1 aliphatic carbocycles. The van der Waals surface area contributed by atoms with Crippen molar-refractivity contribution in [1.29, 1.82) is 0 Å². The highest BCUT2D eigenvalue weighted by Gasteiger charge is 2.27. The zero-order chi connectivity index (χ0) is 13.8. The van der Waals surface area contributed by atoms with Crippen molar-refractivity contribution in [2.24, 2.45) is 17.3 Å². The highest BCUT2D eigenvalue weighted by Crippen LogP contribution is 2.29. The molecular weight excluding hydrogens is 224 g/mol. The quantitative estimate of drug-likeness (QED) is 0.737. The standard InChI is InChI=1S/C15H28N2O/c1-11-7-6-8-12(2)13(11)9-17-10-15(3,4)14(18)16-5/h7,12-13,17H,6,8-10H2,1-5H3,(H,16,18). The Kier molecular flexibility index (Phi) is 5.39. The van der Waals surface area contributed by atoms with Gasteiger partial charge in [-0.3, -0.25) is 4.79 Å². The van der Waals surface area contributed by atoms with Crippen LogP contribution in [0.15, 0.2) is 11.6 Å². The molecule has 0 radical (unpaired) electrons. The maximum Gasteiger partial charge on any atom is 0.226 e. The third kappa shape index (κ3) is 3.84. The van der Waals surface area contributed by atoms with Crippen LogP contribution in [0.3, 0.4) is 0 Å². The maximum absolute atomic E-state index is 11.7. The van der Waals surface area contributed by atoms with E-state index in [1.807, 2.05) is 13.8 Å². The van der Waals surface area contributed by atoms with E-state index in [0.717, 1.165) is 19.0 Å². The number of hydrogen-bond acceptors (Lipinski definition) is 2. The molecule has 0 bridgehead atoms. The number of carbonyl (C=O) groups is 1. The third-order valence-corrected chi connectivity index (χ3v) is 4.13. The van der Waals surface area contributed by atoms with Crippen LogP contribution in [0.5, 0.6) is 0 Å². The van der Waals surface area contributed by atoms with E-state index in [-0.39, 0.29) is 11.3 Å². The van der Waals surface area contributed by atoms with Crippen LogP contribution in [0, 0.1) is 17.3 Å². The Labute approximate surface area is 111 Å². The van der Waals surface area contributed by atoms with E-state index < -0.39 is 0 Å². The van der Waals surface area contributed by atoms with Crippen LogP contribution in [-0.4, -0.2) is 26.0 Å². The normalized spacial score (nSPS) is 24.6. The number of amides is 1. The average molecular weight is 252 g/mol. The lowest BCUT2D eigenvalue weighted by Crippen LogP contribution is -2.43. The molecule has 3 nitrogen and oxygen atoms in total. The summed E-state index contributed by atoms with van der Waals surface area (Å²) in [4.78, 5) is 11.7. The van der Waals surface area contributed by atoms with Gasteiger partial charge in [-0.25, -0.2) is 0 Å². The van der Waals surface area contributed by atoms with Gasteiger partial charge in [0.1, 0.15) is 0 Å². The van der Waals surface area contributed by atoms with Gasteiger partial charge in [-0.1, -0.05) is 18.6 Å². The van der Waals surface area contributed by atoms with Crippen LogP contribution in [0.25, 0.3) is 0 Å². The highest BCUT2D eigenvalue weighted by molar-refractivity contribution is 5.81. The molecule has 18 heavy (non-hydrogen) atoms. The Morgan fingerprint density at radius 1 is 1.50 bits per heavy atom. The van der Waals surface area contributed by atoms with Gasteiger partial charge in [0.05, 0.1) is 5.41 Å². The Morgan fingerprint density at radius 2 is 2.17 bits per heavy atom. The fraction of sp³-hybridized carbons (Fsp3) is 0.800. The zero-order valence-corrected chi connectivity index (χ0v) is 12.5. The number of rotatable bonds is 5. The number of nitrogens with one attached hydrogen (secondary N) is 2. The SMILES string of the molecule is CNC(=O)C(C)(C)CNCC1C(C)=CCCC1C. The summed E-state index contributed by atoms with van der Waals surface area (Å²) in [5, 5.41) is 6.19. The Morgan fingerprint density at radius 3 is 2.72 bits per heavy atom. The fourth-order valence-corrected chi connectivity index (χ4v) is 2.70. The van der Waals surface area contributed by atoms with Gasteiger partial charge in [-0.2, -0.15) is 0 Å². The van der Waals surface area contributed by atoms with Crippen molar-refractivity contribution in [1.82, 2.24) is 10.6 Å². The predicted octanol–water partition coefficient (Wildman–Crippen LogP) is 2.34. The van der Waals surface area contributed by atoms with E-state index in [2.05, 4.69) is 30.6 Å². The van der Waals surface area contributed by atoms with Crippen LogP contribution >= 0.6 is 0 Å². The lowest BCUT2D eigenvalue weighted by atomic mass is 9.80. The van der Waals surface area contributed by atoms with E-state index in [1.165, 1.54) is 18.4 Å². The molecule has 0 aromatic rings. The second-order valence-electron chi connectivity index (χ2n) is 6.20. The second kappa shape index (κ2) is 6.37. The van der Waals surface area contributed by atoms with Gasteiger partial charge in [0, 0.05) is 20.1 Å². The van der Waals surface area contributed by atoms with Gasteiger partial charge in [0.2, 0.25) is 5.91 Å². The van der Waals surface area contributed by atoms with Crippen molar-refractivity contribution in [3.63, 3.8) is 0 Å². The zero-order valence-electron chi connectivity index (χ0n) is 12.5. The summed E-state index contributed by atoms with van der Waals surface area (Å²) < 4.78 is 0. The van der Waals surface area contributed by atoms with Crippen LogP contribution < -0.4 is 10.6 Å². The first-order valence-electron chi connectivity index (χ1n) is 6.98. The van der Waals surface area contributed by atoms with E-state index in [4.69, 9.17) is 0 Å². The summed E-state index contributed by atoms with van der Waals surface area (Å²) in [7, 11) is 1.69. The first kappa shape index (κ1) is 15.2. The van der Waals surface area contributed by atoms with Gasteiger partial charge in [-0.15, -0.1) is 0 Å². The van der Waals surface area contributed by atoms with Crippen molar-refractivity contribution in [3.8, 4) is 0 Å². The van der Waals surface area contributed by atoms with E-state index in [9.17, 15) is 4.79 Å². The van der Waals surface area contributed by atoms with E-state index in [1.54, 1.807) is 7.05 Å². The molecule has 0 aliphatic heterocycles. The summed E-state index contributed by atoms with van der Waals surface area (Å²) in [5.41, 5.74) is 1.16. The molecule has 2 N–H and O–H groups in total. The average Bonchev–Trinajstić information content (AvgIpc) is 2.31. The van der Waals surface area contributed by atoms with Crippen LogP contribution in [0.4, 0.5) is 0 Å². The molecular formula is C15H28N2O. The molecule has 2 atom stereocenters. The first-order valence-corrected chi connectivity index (χ1v) is 6.98. The Balaban J connectivity index is 2.44. The molecule has 0 aromatic heterocycles. The van der Waals surface area contributed by atoms with Crippen LogP contribution in [0.2, 0.25) is 0 Å². The summed E-state index contributed by atoms with van der Waals surface area (Å²) in [6, 6.07) is 0. The summed E-state index contributed by atoms with van der Waals surface area (Å²) in [5.74, 6) is 1.46. The van der Waals surface area contributed by atoms with Crippen molar-refractivity contribution >= 4 is 5.91 Å². The Bertz CT molecular complexity index is 320. The molecule has 1 amide bonds. The van der Waals surface area contributed by atoms with Crippen molar-refractivity contribution in [2.45, 2.75) is 40.5 Å². The molecule has 0 saturated carbocycles. The molecule has 0 saturated heterocycles. The minimum Gasteiger partial charge on any atom is -0.359 e. The summed E-state index contributed by atoms with van der Waals surface area (Å²) in [6.07, 6.45) is 4.85. The van der Waals surface area contributed by atoms with Crippen molar-refractivity contribution in [2.75, 3.05) is 20.1 Å². The second-order valence-corrected chi connectivity index (χ2v) is 6.20. The summed E-state index contributed by atoms with van der Waals surface area (Å²) in [6.45, 7) is 10.2. The molecule has 104 valence electrons. The predicted molar refractivity (Wildman–Crippen MR) is 76.4 cm³/mol. The van der Waals surface area contributed by atoms with Crippen LogP contribution in [-0.2, 0) is 4.79 Å². The molecule has 0 aromatic carbocycles. The molecule has 0 spiro atoms. The van der Waals surface area contributed by atoms with Gasteiger partial charge < -0.3 is 10.6 Å². The van der Waals surface area contributed by atoms with Crippen molar-refractivity contribution < 1.29 is 4.79 Å². The van der Waals surface area contributed by atoms with Gasteiger partial charge in [0.25, 0.3) is 0 Å². The minimum atomic E-state index is -0.343. The van der Waals surface area contributed by atoms with E-state index >= 15 is 0 Å². The minimum absolute atomic E-state index is 0.0963. The fourth-order valence-electron chi connectivity index (χ4n) is 2.70. The molecule has 0 heterocycles. The monoisotopic (exact) mass is 252 g/mol. The first-order chi connectivity index (χ1) is 8.38. The van der Waals surface area contributed by atoms with E-state index in [0.29, 0.717) is 5.92 Å². The maximum atomic E-state index is 11.7. The van der Waals surface area contributed by atoms with Crippen molar-refractivity contribution in [3.05, 3.63) is 11.6 Å². The smallest absolute Gasteiger partial charge is 0.226 e. The lowest BCUT2D eigenvalue weighted by molar-refractivity contribution is -0.128. The van der Waals surface area contributed by atoms with Gasteiger partial charge in [-0.05, 0) is 45.4 Å².